The van der Waals surface area contributed by atoms with Crippen molar-refractivity contribution in [1.82, 2.24) is 20.3 Å². The maximum atomic E-state index is 13.8. The highest BCUT2D eigenvalue weighted by Crippen LogP contribution is 2.49. The van der Waals surface area contributed by atoms with Crippen LogP contribution in [-0.4, -0.2) is 31.9 Å². The van der Waals surface area contributed by atoms with E-state index in [-0.39, 0.29) is 18.3 Å². The Labute approximate surface area is 226 Å². The van der Waals surface area contributed by atoms with E-state index in [2.05, 4.69) is 20.3 Å². The zero-order valence-electron chi connectivity index (χ0n) is 22.0. The summed E-state index contributed by atoms with van der Waals surface area (Å²) in [6.45, 7) is 6.23. The van der Waals surface area contributed by atoms with Crippen molar-refractivity contribution in [2.75, 3.05) is 0 Å². The number of carboxylic acids is 1. The van der Waals surface area contributed by atoms with Gasteiger partial charge in [0.1, 0.15) is 23.1 Å². The Kier molecular flexibility index (Phi) is 7.99. The van der Waals surface area contributed by atoms with Crippen LogP contribution in [0, 0.1) is 16.6 Å². The molecule has 0 radical (unpaired) electrons. The molecule has 9 heteroatoms. The third-order valence-corrected chi connectivity index (χ3v) is 6.63. The molecule has 39 heavy (non-hydrogen) atoms. The molecule has 1 atom stereocenters. The predicted octanol–water partition coefficient (Wildman–Crippen LogP) is 5.73. The molecular formula is C30H30FN5O3. The standard InChI is InChI=1S/C30H30FN5O3/c1-29(2,3)30(18-26(37)38,21-9-11-22(31)12-10-21)25-15-17-34-28(36-25)39-23-13-7-20(8-14-23)19-35-27(32)24-6-4-5-16-33-24/h4-17H,18-19H2,1-3H3,(H2,32,35)(H,37,38). The first-order chi connectivity index (χ1) is 18.6. The number of pyridine rings is 1. The Morgan fingerprint density at radius 1 is 0.974 bits per heavy atom. The first-order valence-corrected chi connectivity index (χ1v) is 12.4. The van der Waals surface area contributed by atoms with E-state index >= 15 is 0 Å². The van der Waals surface area contributed by atoms with Gasteiger partial charge in [0.25, 0.3) is 0 Å². The van der Waals surface area contributed by atoms with E-state index in [9.17, 15) is 14.3 Å². The summed E-state index contributed by atoms with van der Waals surface area (Å²) in [6.07, 6.45) is 2.92. The fourth-order valence-electron chi connectivity index (χ4n) is 4.58. The SMILES string of the molecule is CC(C)(C)C(CC(=O)O)(c1ccc(F)cc1)c1ccnc(Oc2ccc(CNC(=N)c3ccccn3)cc2)n1. The second kappa shape index (κ2) is 11.4. The van der Waals surface area contributed by atoms with Gasteiger partial charge in [0.2, 0.25) is 0 Å². The molecule has 2 aromatic heterocycles. The van der Waals surface area contributed by atoms with Gasteiger partial charge in [-0.2, -0.15) is 4.98 Å². The Morgan fingerprint density at radius 2 is 1.69 bits per heavy atom. The summed E-state index contributed by atoms with van der Waals surface area (Å²) in [5, 5.41) is 21.1. The number of hydrogen-bond donors (Lipinski definition) is 3. The molecule has 4 rings (SSSR count). The molecule has 1 unspecified atom stereocenters. The third kappa shape index (κ3) is 6.26. The van der Waals surface area contributed by atoms with Crippen LogP contribution in [0.5, 0.6) is 11.8 Å². The molecule has 0 aliphatic carbocycles. The van der Waals surface area contributed by atoms with Crippen LogP contribution in [0.4, 0.5) is 4.39 Å². The monoisotopic (exact) mass is 527 g/mol. The van der Waals surface area contributed by atoms with Gasteiger partial charge in [0.05, 0.1) is 17.5 Å². The second-order valence-corrected chi connectivity index (χ2v) is 10.1. The predicted molar refractivity (Wildman–Crippen MR) is 145 cm³/mol. The van der Waals surface area contributed by atoms with Gasteiger partial charge in [0, 0.05) is 18.9 Å². The van der Waals surface area contributed by atoms with E-state index in [1.165, 1.54) is 18.3 Å². The maximum Gasteiger partial charge on any atom is 0.322 e. The molecule has 0 amide bonds. The summed E-state index contributed by atoms with van der Waals surface area (Å²) >= 11 is 0. The van der Waals surface area contributed by atoms with Crippen LogP contribution in [0.25, 0.3) is 0 Å². The van der Waals surface area contributed by atoms with Crippen molar-refractivity contribution in [2.24, 2.45) is 5.41 Å². The molecule has 0 spiro atoms. The molecule has 0 saturated heterocycles. The number of ether oxygens (including phenoxy) is 1. The van der Waals surface area contributed by atoms with E-state index < -0.39 is 22.6 Å². The van der Waals surface area contributed by atoms with Crippen molar-refractivity contribution in [3.63, 3.8) is 0 Å². The minimum atomic E-state index is -1.08. The maximum absolute atomic E-state index is 13.8. The largest absolute Gasteiger partial charge is 0.481 e. The Hall–Kier alpha value is -4.66. The number of nitrogens with zero attached hydrogens (tertiary/aromatic N) is 3. The average molecular weight is 528 g/mol. The van der Waals surface area contributed by atoms with Gasteiger partial charge in [-0.3, -0.25) is 15.2 Å². The number of hydrogen-bond acceptors (Lipinski definition) is 6. The number of nitrogens with one attached hydrogen (secondary N) is 2. The average Bonchev–Trinajstić information content (AvgIpc) is 2.91. The highest BCUT2D eigenvalue weighted by Gasteiger charge is 2.48. The van der Waals surface area contributed by atoms with Gasteiger partial charge in [-0.1, -0.05) is 51.1 Å². The molecule has 2 heterocycles. The number of halogens is 1. The summed E-state index contributed by atoms with van der Waals surface area (Å²) in [5.41, 5.74) is 0.902. The lowest BCUT2D eigenvalue weighted by Crippen LogP contribution is -2.44. The summed E-state index contributed by atoms with van der Waals surface area (Å²) < 4.78 is 19.7. The van der Waals surface area contributed by atoms with Gasteiger partial charge in [-0.15, -0.1) is 0 Å². The lowest BCUT2D eigenvalue weighted by molar-refractivity contribution is -0.139. The molecular weight excluding hydrogens is 497 g/mol. The van der Waals surface area contributed by atoms with Gasteiger partial charge >= 0.3 is 12.0 Å². The van der Waals surface area contributed by atoms with Crippen LogP contribution in [-0.2, 0) is 16.8 Å². The molecule has 200 valence electrons. The molecule has 2 aromatic carbocycles. The lowest BCUT2D eigenvalue weighted by atomic mass is 9.59. The third-order valence-electron chi connectivity index (χ3n) is 6.63. The Bertz CT molecular complexity index is 1440. The molecule has 0 saturated carbocycles. The van der Waals surface area contributed by atoms with E-state index in [1.807, 2.05) is 39.0 Å². The molecule has 8 nitrogen and oxygen atoms in total. The fourth-order valence-corrected chi connectivity index (χ4v) is 4.58. The summed E-state index contributed by atoms with van der Waals surface area (Å²) in [4.78, 5) is 25.1. The smallest absolute Gasteiger partial charge is 0.322 e. The minimum absolute atomic E-state index is 0.0661. The molecule has 3 N–H and O–H groups in total. The van der Waals surface area contributed by atoms with Crippen LogP contribution in [0.2, 0.25) is 0 Å². The number of benzene rings is 2. The number of aromatic nitrogens is 3. The van der Waals surface area contributed by atoms with Crippen molar-refractivity contribution < 1.29 is 19.0 Å². The number of rotatable bonds is 9. The van der Waals surface area contributed by atoms with Gasteiger partial charge < -0.3 is 15.2 Å². The van der Waals surface area contributed by atoms with Crippen molar-refractivity contribution in [1.29, 1.82) is 5.41 Å². The molecule has 0 aliphatic rings. The van der Waals surface area contributed by atoms with Crippen molar-refractivity contribution >= 4 is 11.8 Å². The molecule has 4 aromatic rings. The fraction of sp³-hybridized carbons (Fsp3) is 0.233. The number of aliphatic carboxylic acids is 1. The number of carbonyl (C=O) groups is 1. The quantitative estimate of drug-likeness (QED) is 0.188. The summed E-state index contributed by atoms with van der Waals surface area (Å²) in [6, 6.07) is 20.3. The first kappa shape index (κ1) is 27.4. The Balaban J connectivity index is 1.57. The minimum Gasteiger partial charge on any atom is -0.481 e. The summed E-state index contributed by atoms with van der Waals surface area (Å²) in [5.74, 6) is -0.686. The van der Waals surface area contributed by atoms with Crippen molar-refractivity contribution in [2.45, 2.75) is 39.2 Å². The van der Waals surface area contributed by atoms with Gasteiger partial charge in [-0.05, 0) is 59.0 Å². The molecule has 0 bridgehead atoms. The van der Waals surface area contributed by atoms with Crippen LogP contribution in [0.3, 0.4) is 0 Å². The van der Waals surface area contributed by atoms with E-state index in [0.717, 1.165) is 5.56 Å². The van der Waals surface area contributed by atoms with Gasteiger partial charge in [-0.25, -0.2) is 9.37 Å². The van der Waals surface area contributed by atoms with Gasteiger partial charge in [0.15, 0.2) is 0 Å². The number of amidine groups is 1. The Morgan fingerprint density at radius 3 is 2.31 bits per heavy atom. The zero-order valence-corrected chi connectivity index (χ0v) is 22.0. The van der Waals surface area contributed by atoms with E-state index in [0.29, 0.717) is 29.2 Å². The van der Waals surface area contributed by atoms with E-state index in [4.69, 9.17) is 10.1 Å². The lowest BCUT2D eigenvalue weighted by Gasteiger charge is -2.44. The van der Waals surface area contributed by atoms with Crippen LogP contribution in [0.15, 0.2) is 85.2 Å². The van der Waals surface area contributed by atoms with Crippen LogP contribution >= 0.6 is 0 Å². The first-order valence-electron chi connectivity index (χ1n) is 12.4. The highest BCUT2D eigenvalue weighted by molar-refractivity contribution is 5.94. The molecule has 0 aliphatic heterocycles. The molecule has 0 fully saturated rings. The summed E-state index contributed by atoms with van der Waals surface area (Å²) in [7, 11) is 0. The normalized spacial score (nSPS) is 12.8. The highest BCUT2D eigenvalue weighted by atomic mass is 19.1. The van der Waals surface area contributed by atoms with E-state index in [1.54, 1.807) is 48.7 Å². The van der Waals surface area contributed by atoms with Crippen molar-refractivity contribution in [3.05, 3.63) is 114 Å². The topological polar surface area (TPSA) is 121 Å². The zero-order chi connectivity index (χ0) is 28.0. The number of carboxylic acid groups (broad SMARTS) is 1. The second-order valence-electron chi connectivity index (χ2n) is 10.1. The van der Waals surface area contributed by atoms with Crippen molar-refractivity contribution in [3.8, 4) is 11.8 Å². The van der Waals surface area contributed by atoms with Crippen LogP contribution < -0.4 is 10.1 Å². The van der Waals surface area contributed by atoms with Crippen LogP contribution in [0.1, 0.15) is 49.7 Å².